The fraction of sp³-hybridized carbons (Fsp3) is 0.417. The Bertz CT molecular complexity index is 430. The summed E-state index contributed by atoms with van der Waals surface area (Å²) >= 11 is 9.31. The van der Waals surface area contributed by atoms with E-state index in [9.17, 15) is 9.90 Å². The van der Waals surface area contributed by atoms with Crippen LogP contribution in [0.2, 0.25) is 5.02 Å². The summed E-state index contributed by atoms with van der Waals surface area (Å²) in [5, 5.41) is 18.5. The SMILES string of the molecule is Cc1cc(C(=O)N(C)C[C@H](O)CO)cc(Cl)c1Br. The fourth-order valence-corrected chi connectivity index (χ4v) is 2.02. The lowest BCUT2D eigenvalue weighted by Crippen LogP contribution is -2.35. The Morgan fingerprint density at radius 1 is 1.56 bits per heavy atom. The highest BCUT2D eigenvalue weighted by atomic mass is 79.9. The Morgan fingerprint density at radius 3 is 2.67 bits per heavy atom. The minimum atomic E-state index is -0.939. The molecule has 0 aromatic heterocycles. The molecule has 0 fully saturated rings. The second kappa shape index (κ2) is 6.52. The molecule has 0 unspecified atom stereocenters. The molecule has 0 aliphatic carbocycles. The number of aliphatic hydroxyl groups excluding tert-OH is 2. The first kappa shape index (κ1) is 15.4. The molecule has 1 atom stereocenters. The first-order chi connectivity index (χ1) is 8.36. The Morgan fingerprint density at radius 2 is 2.17 bits per heavy atom. The lowest BCUT2D eigenvalue weighted by atomic mass is 10.1. The van der Waals surface area contributed by atoms with E-state index in [0.717, 1.165) is 10.0 Å². The van der Waals surface area contributed by atoms with Gasteiger partial charge in [-0.15, -0.1) is 0 Å². The van der Waals surface area contributed by atoms with Crippen molar-refractivity contribution >= 4 is 33.4 Å². The zero-order chi connectivity index (χ0) is 13.9. The van der Waals surface area contributed by atoms with Gasteiger partial charge in [-0.1, -0.05) is 11.6 Å². The molecule has 0 radical (unpaired) electrons. The van der Waals surface area contributed by atoms with Gasteiger partial charge < -0.3 is 15.1 Å². The minimum absolute atomic E-state index is 0.0715. The van der Waals surface area contributed by atoms with Gasteiger partial charge in [0.1, 0.15) is 0 Å². The van der Waals surface area contributed by atoms with Gasteiger partial charge in [-0.05, 0) is 40.5 Å². The summed E-state index contributed by atoms with van der Waals surface area (Å²) in [5.41, 5.74) is 1.32. The standard InChI is InChI=1S/C12H15BrClNO3/c1-7-3-8(4-10(14)11(7)13)12(18)15(2)5-9(17)6-16/h3-4,9,16-17H,5-6H2,1-2H3/t9-/m0/s1. The average Bonchev–Trinajstić information content (AvgIpc) is 2.33. The molecule has 0 aliphatic rings. The van der Waals surface area contributed by atoms with Crippen molar-refractivity contribution in [3.8, 4) is 0 Å². The topological polar surface area (TPSA) is 60.8 Å². The van der Waals surface area contributed by atoms with Crippen LogP contribution >= 0.6 is 27.5 Å². The highest BCUT2D eigenvalue weighted by Crippen LogP contribution is 2.27. The molecule has 0 saturated carbocycles. The van der Waals surface area contributed by atoms with Crippen LogP contribution in [-0.4, -0.2) is 47.3 Å². The number of nitrogens with zero attached hydrogens (tertiary/aromatic N) is 1. The lowest BCUT2D eigenvalue weighted by Gasteiger charge is -2.20. The smallest absolute Gasteiger partial charge is 0.253 e. The quantitative estimate of drug-likeness (QED) is 0.882. The van der Waals surface area contributed by atoms with Gasteiger partial charge in [0.2, 0.25) is 0 Å². The predicted octanol–water partition coefficient (Wildman–Crippen LogP) is 1.84. The molecular weight excluding hydrogens is 321 g/mol. The normalized spacial score (nSPS) is 12.3. The molecule has 0 bridgehead atoms. The predicted molar refractivity (Wildman–Crippen MR) is 73.9 cm³/mol. The molecule has 100 valence electrons. The number of rotatable bonds is 4. The number of amides is 1. The van der Waals surface area contributed by atoms with E-state index in [1.54, 1.807) is 19.2 Å². The highest BCUT2D eigenvalue weighted by molar-refractivity contribution is 9.10. The van der Waals surface area contributed by atoms with E-state index in [1.807, 2.05) is 6.92 Å². The third-order valence-corrected chi connectivity index (χ3v) is 4.08. The van der Waals surface area contributed by atoms with Gasteiger partial charge in [0.15, 0.2) is 0 Å². The van der Waals surface area contributed by atoms with Crippen LogP contribution in [0.25, 0.3) is 0 Å². The van der Waals surface area contributed by atoms with Crippen molar-refractivity contribution < 1.29 is 15.0 Å². The molecule has 1 rings (SSSR count). The first-order valence-electron chi connectivity index (χ1n) is 5.36. The van der Waals surface area contributed by atoms with Crippen molar-refractivity contribution in [3.63, 3.8) is 0 Å². The van der Waals surface area contributed by atoms with Crippen LogP contribution in [0.5, 0.6) is 0 Å². The number of benzene rings is 1. The molecule has 0 saturated heterocycles. The Hall–Kier alpha value is -0.620. The number of likely N-dealkylation sites (N-methyl/N-ethyl adjacent to an activating group) is 1. The van der Waals surface area contributed by atoms with Crippen LogP contribution < -0.4 is 0 Å². The van der Waals surface area contributed by atoms with Crippen molar-refractivity contribution in [2.75, 3.05) is 20.2 Å². The maximum absolute atomic E-state index is 12.1. The zero-order valence-electron chi connectivity index (χ0n) is 10.2. The van der Waals surface area contributed by atoms with Crippen LogP contribution in [0.1, 0.15) is 15.9 Å². The molecule has 18 heavy (non-hydrogen) atoms. The van der Waals surface area contributed by atoms with Gasteiger partial charge in [-0.3, -0.25) is 4.79 Å². The second-order valence-corrected chi connectivity index (χ2v) is 5.31. The van der Waals surface area contributed by atoms with Crippen LogP contribution in [-0.2, 0) is 0 Å². The summed E-state index contributed by atoms with van der Waals surface area (Å²) in [4.78, 5) is 13.4. The van der Waals surface area contributed by atoms with Crippen molar-refractivity contribution in [2.24, 2.45) is 0 Å². The monoisotopic (exact) mass is 335 g/mol. The molecule has 0 aliphatic heterocycles. The van der Waals surface area contributed by atoms with Crippen LogP contribution in [0.3, 0.4) is 0 Å². The van der Waals surface area contributed by atoms with E-state index in [4.69, 9.17) is 16.7 Å². The van der Waals surface area contributed by atoms with Gasteiger partial charge in [0, 0.05) is 23.6 Å². The summed E-state index contributed by atoms with van der Waals surface area (Å²) in [7, 11) is 1.56. The Balaban J connectivity index is 2.90. The number of aliphatic hydroxyl groups is 2. The summed E-state index contributed by atoms with van der Waals surface area (Å²) in [6, 6.07) is 3.29. The van der Waals surface area contributed by atoms with Gasteiger partial charge in [-0.25, -0.2) is 0 Å². The molecule has 0 heterocycles. The zero-order valence-corrected chi connectivity index (χ0v) is 12.5. The van der Waals surface area contributed by atoms with E-state index >= 15 is 0 Å². The summed E-state index contributed by atoms with van der Waals surface area (Å²) < 4.78 is 0.763. The van der Waals surface area contributed by atoms with E-state index < -0.39 is 6.10 Å². The molecule has 4 nitrogen and oxygen atoms in total. The molecule has 1 aromatic carbocycles. The van der Waals surface area contributed by atoms with E-state index in [-0.39, 0.29) is 19.1 Å². The summed E-state index contributed by atoms with van der Waals surface area (Å²) in [6.07, 6.45) is -0.939. The lowest BCUT2D eigenvalue weighted by molar-refractivity contribution is 0.0520. The van der Waals surface area contributed by atoms with Gasteiger partial charge in [-0.2, -0.15) is 0 Å². The summed E-state index contributed by atoms with van der Waals surface area (Å²) in [5.74, 6) is -0.250. The van der Waals surface area contributed by atoms with Gasteiger partial charge in [0.25, 0.3) is 5.91 Å². The van der Waals surface area contributed by atoms with Crippen LogP contribution in [0, 0.1) is 6.92 Å². The maximum atomic E-state index is 12.1. The van der Waals surface area contributed by atoms with Crippen LogP contribution in [0.4, 0.5) is 0 Å². The Labute approximate surface area is 119 Å². The number of aryl methyl sites for hydroxylation is 1. The maximum Gasteiger partial charge on any atom is 0.253 e. The second-order valence-electron chi connectivity index (χ2n) is 4.11. The van der Waals surface area contributed by atoms with Crippen molar-refractivity contribution in [3.05, 3.63) is 32.8 Å². The fourth-order valence-electron chi connectivity index (χ4n) is 1.53. The molecule has 2 N–H and O–H groups in total. The molecule has 1 amide bonds. The minimum Gasteiger partial charge on any atom is -0.394 e. The van der Waals surface area contributed by atoms with Gasteiger partial charge >= 0.3 is 0 Å². The van der Waals surface area contributed by atoms with E-state index in [0.29, 0.717) is 10.6 Å². The average molecular weight is 337 g/mol. The number of carbonyl (C=O) groups is 1. The van der Waals surface area contributed by atoms with E-state index in [2.05, 4.69) is 15.9 Å². The third-order valence-electron chi connectivity index (χ3n) is 2.50. The first-order valence-corrected chi connectivity index (χ1v) is 6.54. The van der Waals surface area contributed by atoms with Gasteiger partial charge in [0.05, 0.1) is 17.7 Å². The highest BCUT2D eigenvalue weighted by Gasteiger charge is 2.16. The van der Waals surface area contributed by atoms with Crippen molar-refractivity contribution in [1.29, 1.82) is 0 Å². The Kier molecular flexibility index (Phi) is 5.59. The number of hydrogen-bond acceptors (Lipinski definition) is 3. The number of hydrogen-bond donors (Lipinski definition) is 2. The van der Waals surface area contributed by atoms with E-state index in [1.165, 1.54) is 4.90 Å². The van der Waals surface area contributed by atoms with Crippen molar-refractivity contribution in [1.82, 2.24) is 4.90 Å². The van der Waals surface area contributed by atoms with Crippen LogP contribution in [0.15, 0.2) is 16.6 Å². The third kappa shape index (κ3) is 3.68. The molecule has 0 spiro atoms. The summed E-state index contributed by atoms with van der Waals surface area (Å²) in [6.45, 7) is 1.54. The van der Waals surface area contributed by atoms with Crippen molar-refractivity contribution in [2.45, 2.75) is 13.0 Å². The molecular formula is C12H15BrClNO3. The number of carbonyl (C=O) groups excluding carboxylic acids is 1. The number of halogens is 2. The molecule has 6 heteroatoms. The largest absolute Gasteiger partial charge is 0.394 e. The molecule has 1 aromatic rings.